The van der Waals surface area contributed by atoms with Crippen molar-refractivity contribution in [3.8, 4) is 0 Å². The summed E-state index contributed by atoms with van der Waals surface area (Å²) in [7, 11) is 0. The molecule has 0 radical (unpaired) electrons. The molecular weight excluding hydrogens is 1100 g/mol. The molecule has 0 aromatic heterocycles. The van der Waals surface area contributed by atoms with Crippen LogP contribution in [-0.4, -0.2) is 0 Å². The van der Waals surface area contributed by atoms with E-state index in [9.17, 15) is 0 Å². The third-order valence-corrected chi connectivity index (χ3v) is 19.7. The van der Waals surface area contributed by atoms with Crippen molar-refractivity contribution in [1.29, 1.82) is 0 Å². The summed E-state index contributed by atoms with van der Waals surface area (Å²) in [4.78, 5) is 4.90. The lowest BCUT2D eigenvalue weighted by atomic mass is 9.88. The number of hydrogen-bond acceptors (Lipinski definition) is 2. The average molecular weight is 1180 g/mol. The third kappa shape index (κ3) is 12.4. The molecule has 0 amide bonds. The van der Waals surface area contributed by atoms with Crippen molar-refractivity contribution in [3.05, 3.63) is 303 Å². The van der Waals surface area contributed by atoms with E-state index in [1.54, 1.807) is 16.7 Å². The predicted molar refractivity (Wildman–Crippen MR) is 395 cm³/mol. The van der Waals surface area contributed by atoms with Crippen LogP contribution < -0.4 is 9.80 Å². The van der Waals surface area contributed by atoms with E-state index in [1.165, 1.54) is 195 Å². The fourth-order valence-electron chi connectivity index (χ4n) is 14.8. The fourth-order valence-corrected chi connectivity index (χ4v) is 14.8. The maximum absolute atomic E-state index is 2.46. The topological polar surface area (TPSA) is 6.48 Å². The van der Waals surface area contributed by atoms with Crippen molar-refractivity contribution in [2.45, 2.75) is 110 Å². The van der Waals surface area contributed by atoms with Gasteiger partial charge in [-0.15, -0.1) is 0 Å². The van der Waals surface area contributed by atoms with Gasteiger partial charge in [0.05, 0.1) is 11.4 Å². The third-order valence-electron chi connectivity index (χ3n) is 19.7. The highest BCUT2D eigenvalue weighted by Gasteiger charge is 2.23. The molecule has 0 atom stereocenters. The Hall–Kier alpha value is -9.76. The van der Waals surface area contributed by atoms with Crippen LogP contribution in [0.1, 0.15) is 152 Å². The van der Waals surface area contributed by atoms with Crippen molar-refractivity contribution >= 4 is 119 Å². The largest absolute Gasteiger partial charge is 0.310 e. The molecular formula is C89H80N2. The fraction of sp³-hybridized carbons (Fsp3) is 0.191. The zero-order valence-electron chi connectivity index (χ0n) is 52.9. The highest BCUT2D eigenvalue weighted by Crippen LogP contribution is 2.49. The van der Waals surface area contributed by atoms with Gasteiger partial charge in [0.1, 0.15) is 0 Å². The number of anilines is 6. The minimum absolute atomic E-state index is 1.11. The van der Waals surface area contributed by atoms with Crippen LogP contribution in [0, 0.1) is 13.8 Å². The van der Waals surface area contributed by atoms with E-state index in [2.05, 4.69) is 291 Å². The number of allylic oxidation sites excluding steroid dienone is 3. The molecule has 0 spiro atoms. The summed E-state index contributed by atoms with van der Waals surface area (Å²) in [6.07, 6.45) is 33.5. The first-order valence-electron chi connectivity index (χ1n) is 33.7. The molecule has 0 unspecified atom stereocenters. The van der Waals surface area contributed by atoms with E-state index >= 15 is 0 Å². The van der Waals surface area contributed by atoms with E-state index < -0.39 is 0 Å². The Morgan fingerprint density at radius 3 is 0.945 bits per heavy atom. The van der Waals surface area contributed by atoms with Crippen LogP contribution in [0.15, 0.2) is 247 Å². The first kappa shape index (κ1) is 57.7. The van der Waals surface area contributed by atoms with Crippen LogP contribution in [0.4, 0.5) is 34.1 Å². The zero-order chi connectivity index (χ0) is 61.0. The van der Waals surface area contributed by atoms with Gasteiger partial charge in [0.25, 0.3) is 0 Å². The van der Waals surface area contributed by atoms with Gasteiger partial charge in [0.15, 0.2) is 0 Å². The maximum Gasteiger partial charge on any atom is 0.0540 e. The van der Waals surface area contributed by atoms with Gasteiger partial charge in [0, 0.05) is 33.5 Å². The SMILES string of the molecule is Cc1ccc(N(c2ccc(C=C(c3ccc(C=C4CCCCC4)cc3)c3ccc(C=C4CCCCC4)cc3)cc2)c2ccc3c4cccc5c(N(c6ccc(C)cc6)c6ccc(/C=C/c7ccc(C=C8CCCCC8)cc7)cc6)ccc(c6cccc2c63)c54)cc1. The molecule has 0 saturated heterocycles. The molecule has 0 heterocycles. The molecule has 3 saturated carbocycles. The molecule has 12 aromatic rings. The normalized spacial score (nSPS) is 14.6. The lowest BCUT2D eigenvalue weighted by molar-refractivity contribution is 0.602. The summed E-state index contributed by atoms with van der Waals surface area (Å²) in [6, 6.07) is 87.3. The van der Waals surface area contributed by atoms with Crippen LogP contribution >= 0.6 is 0 Å². The van der Waals surface area contributed by atoms with Crippen LogP contribution in [0.2, 0.25) is 0 Å². The van der Waals surface area contributed by atoms with Crippen LogP contribution in [-0.2, 0) is 0 Å². The van der Waals surface area contributed by atoms with Gasteiger partial charge in [0.2, 0.25) is 0 Å². The molecule has 446 valence electrons. The molecule has 3 aliphatic carbocycles. The molecule has 3 fully saturated rings. The smallest absolute Gasteiger partial charge is 0.0540 e. The Morgan fingerprint density at radius 1 is 0.275 bits per heavy atom. The van der Waals surface area contributed by atoms with Gasteiger partial charge >= 0.3 is 0 Å². The van der Waals surface area contributed by atoms with E-state index in [4.69, 9.17) is 0 Å². The maximum atomic E-state index is 2.46. The van der Waals surface area contributed by atoms with E-state index in [0.29, 0.717) is 0 Å². The van der Waals surface area contributed by atoms with E-state index in [0.717, 1.165) is 39.7 Å². The highest BCUT2D eigenvalue weighted by atomic mass is 15.1. The second-order valence-corrected chi connectivity index (χ2v) is 26.1. The van der Waals surface area contributed by atoms with Crippen molar-refractivity contribution in [2.24, 2.45) is 0 Å². The second kappa shape index (κ2) is 26.0. The van der Waals surface area contributed by atoms with Gasteiger partial charge in [-0.05, 0) is 240 Å². The van der Waals surface area contributed by atoms with E-state index in [1.807, 2.05) is 0 Å². The van der Waals surface area contributed by atoms with E-state index in [-0.39, 0.29) is 0 Å². The summed E-state index contributed by atoms with van der Waals surface area (Å²) < 4.78 is 0. The summed E-state index contributed by atoms with van der Waals surface area (Å²) in [6.45, 7) is 4.34. The Balaban J connectivity index is 0.782. The molecule has 0 aliphatic heterocycles. The standard InChI is InChI=1S/C89H80N2/c1-62-24-46-75(47-25-62)90(77-50-38-65(39-51-77)29-28-64-30-32-69(33-31-64)58-66-14-6-3-7-15-66)86-56-54-81-80-21-13-23-84-87(57-55-82(89(80)84)79-20-12-22-83(86)88(79)81)91(76-48-26-63(2)27-49-76)78-52-40-72(41-53-78)61-85(73-42-34-70(35-43-73)59-67-16-8-4-9-17-67)74-44-36-71(37-45-74)60-68-18-10-5-11-19-68/h12-13,20-61H,3-11,14-19H2,1-2H3/b29-28+. The predicted octanol–water partition coefficient (Wildman–Crippen LogP) is 26.1. The lowest BCUT2D eigenvalue weighted by Crippen LogP contribution is -2.11. The summed E-state index contributed by atoms with van der Waals surface area (Å²) in [5.41, 5.74) is 25.1. The molecule has 2 nitrogen and oxygen atoms in total. The van der Waals surface area contributed by atoms with Gasteiger partial charge in [-0.1, -0.05) is 247 Å². The number of hydrogen-bond donors (Lipinski definition) is 0. The Bertz CT molecular complexity index is 4610. The molecule has 2 heteroatoms. The first-order chi connectivity index (χ1) is 44.9. The molecule has 0 N–H and O–H groups in total. The van der Waals surface area contributed by atoms with Crippen LogP contribution in [0.5, 0.6) is 0 Å². The Labute approximate surface area is 538 Å². The first-order valence-corrected chi connectivity index (χ1v) is 33.7. The van der Waals surface area contributed by atoms with Crippen molar-refractivity contribution in [1.82, 2.24) is 0 Å². The van der Waals surface area contributed by atoms with Gasteiger partial charge in [-0.3, -0.25) is 0 Å². The van der Waals surface area contributed by atoms with Crippen molar-refractivity contribution in [2.75, 3.05) is 9.80 Å². The molecule has 15 rings (SSSR count). The van der Waals surface area contributed by atoms with Gasteiger partial charge in [-0.25, -0.2) is 0 Å². The molecule has 3 aliphatic rings. The molecule has 12 aromatic carbocycles. The number of fused-ring (bicyclic) bond motifs is 2. The number of aryl methyl sites for hydroxylation is 2. The molecule has 91 heavy (non-hydrogen) atoms. The summed E-state index contributed by atoms with van der Waals surface area (Å²) in [5, 5.41) is 10.0. The quantitative estimate of drug-likeness (QED) is 0.0608. The van der Waals surface area contributed by atoms with Gasteiger partial charge < -0.3 is 9.80 Å². The van der Waals surface area contributed by atoms with Crippen molar-refractivity contribution < 1.29 is 0 Å². The lowest BCUT2D eigenvalue weighted by Gasteiger charge is -2.29. The van der Waals surface area contributed by atoms with Gasteiger partial charge in [-0.2, -0.15) is 0 Å². The summed E-state index contributed by atoms with van der Waals surface area (Å²) in [5.74, 6) is 0. The summed E-state index contributed by atoms with van der Waals surface area (Å²) >= 11 is 0. The minimum Gasteiger partial charge on any atom is -0.310 e. The van der Waals surface area contributed by atoms with Crippen LogP contribution in [0.3, 0.4) is 0 Å². The zero-order valence-corrected chi connectivity index (χ0v) is 52.9. The number of rotatable bonds is 14. The molecule has 0 bridgehead atoms. The monoisotopic (exact) mass is 1180 g/mol. The number of nitrogens with zero attached hydrogens (tertiary/aromatic N) is 2. The second-order valence-electron chi connectivity index (χ2n) is 26.1. The highest BCUT2D eigenvalue weighted by molar-refractivity contribution is 6.35. The number of benzene rings is 12. The average Bonchev–Trinajstić information content (AvgIpc) is 0.717. The Kier molecular flexibility index (Phi) is 16.5. The van der Waals surface area contributed by atoms with Crippen molar-refractivity contribution in [3.63, 3.8) is 0 Å². The minimum atomic E-state index is 1.11. The van der Waals surface area contributed by atoms with Crippen LogP contribution in [0.25, 0.3) is 85.1 Å². The Morgan fingerprint density at radius 2 is 0.571 bits per heavy atom.